The first-order chi connectivity index (χ1) is 14.1. The largest absolute Gasteiger partial charge is 0.365 e. The number of hydrogen-bond acceptors (Lipinski definition) is 3. The van der Waals surface area contributed by atoms with Crippen molar-refractivity contribution >= 4 is 46.6 Å². The fourth-order valence-electron chi connectivity index (χ4n) is 3.31. The van der Waals surface area contributed by atoms with Crippen LogP contribution in [0.3, 0.4) is 0 Å². The molecule has 3 nitrogen and oxygen atoms in total. The van der Waals surface area contributed by atoms with E-state index in [0.717, 1.165) is 35.1 Å². The molecule has 3 aromatic rings. The molecular formula is C23H20Cl2N2OS. The number of amides is 1. The van der Waals surface area contributed by atoms with Gasteiger partial charge in [0, 0.05) is 45.9 Å². The molecule has 1 amide bonds. The maximum absolute atomic E-state index is 12.7. The van der Waals surface area contributed by atoms with E-state index in [-0.39, 0.29) is 5.91 Å². The lowest BCUT2D eigenvalue weighted by Crippen LogP contribution is -2.29. The average molecular weight is 443 g/mol. The van der Waals surface area contributed by atoms with Gasteiger partial charge in [0.2, 0.25) is 0 Å². The molecule has 1 aliphatic heterocycles. The molecule has 3 aromatic carbocycles. The van der Waals surface area contributed by atoms with Crippen LogP contribution < -0.4 is 10.2 Å². The minimum atomic E-state index is -0.102. The minimum absolute atomic E-state index is 0.102. The van der Waals surface area contributed by atoms with Crippen LogP contribution in [0.4, 0.5) is 5.69 Å². The van der Waals surface area contributed by atoms with E-state index in [1.54, 1.807) is 0 Å². The molecule has 1 aliphatic rings. The fraction of sp³-hybridized carbons (Fsp3) is 0.174. The molecule has 0 bridgehead atoms. The lowest BCUT2D eigenvalue weighted by Gasteiger charge is -2.31. The Morgan fingerprint density at radius 3 is 2.62 bits per heavy atom. The molecule has 1 N–H and O–H groups in total. The van der Waals surface area contributed by atoms with Gasteiger partial charge in [0.1, 0.15) is 0 Å². The van der Waals surface area contributed by atoms with Gasteiger partial charge in [0.15, 0.2) is 0 Å². The monoisotopic (exact) mass is 442 g/mol. The third-order valence-corrected chi connectivity index (χ3v) is 6.53. The zero-order valence-corrected chi connectivity index (χ0v) is 18.0. The molecule has 0 aliphatic carbocycles. The Balaban J connectivity index is 1.50. The highest BCUT2D eigenvalue weighted by Crippen LogP contribution is 2.36. The number of carbonyl (C=O) groups is 1. The van der Waals surface area contributed by atoms with E-state index in [1.807, 2.05) is 78.5 Å². The number of halogens is 2. The van der Waals surface area contributed by atoms with Crippen molar-refractivity contribution in [1.29, 1.82) is 0 Å². The molecule has 0 spiro atoms. The first kappa shape index (κ1) is 20.1. The average Bonchev–Trinajstić information content (AvgIpc) is 2.74. The van der Waals surface area contributed by atoms with Crippen LogP contribution in [0.15, 0.2) is 71.6 Å². The molecule has 0 fully saturated rings. The van der Waals surface area contributed by atoms with Crippen LogP contribution in [0.2, 0.25) is 10.0 Å². The summed E-state index contributed by atoms with van der Waals surface area (Å²) in [5.41, 5.74) is 3.85. The summed E-state index contributed by atoms with van der Waals surface area (Å²) in [6.07, 6.45) is 0. The summed E-state index contributed by atoms with van der Waals surface area (Å²) >= 11 is 14.0. The van der Waals surface area contributed by atoms with Crippen molar-refractivity contribution in [2.75, 3.05) is 17.2 Å². The van der Waals surface area contributed by atoms with Crippen LogP contribution in [0.5, 0.6) is 0 Å². The second kappa shape index (κ2) is 9.12. The number of rotatable bonds is 5. The summed E-state index contributed by atoms with van der Waals surface area (Å²) in [7, 11) is 0. The number of nitrogens with zero attached hydrogens (tertiary/aromatic N) is 1. The standard InChI is InChI=1S/C23H20Cl2N2OS/c24-19-8-5-16(6-9-19)15-27-11-12-29-22-10-7-17(13-21(22)27)23(28)26-14-18-3-1-2-4-20(18)25/h1-10,13H,11-12,14-15H2,(H,26,28). The minimum Gasteiger partial charge on any atom is -0.365 e. The van der Waals surface area contributed by atoms with Crippen LogP contribution in [0, 0.1) is 0 Å². The molecule has 0 aromatic heterocycles. The van der Waals surface area contributed by atoms with E-state index < -0.39 is 0 Å². The van der Waals surface area contributed by atoms with Gasteiger partial charge in [-0.15, -0.1) is 11.8 Å². The molecule has 0 radical (unpaired) electrons. The predicted molar refractivity (Wildman–Crippen MR) is 122 cm³/mol. The van der Waals surface area contributed by atoms with Crippen molar-refractivity contribution in [2.45, 2.75) is 18.0 Å². The van der Waals surface area contributed by atoms with Crippen molar-refractivity contribution in [3.05, 3.63) is 93.5 Å². The molecule has 6 heteroatoms. The molecule has 0 saturated heterocycles. The summed E-state index contributed by atoms with van der Waals surface area (Å²) in [6, 6.07) is 21.4. The number of benzene rings is 3. The van der Waals surface area contributed by atoms with Crippen molar-refractivity contribution < 1.29 is 4.79 Å². The summed E-state index contributed by atoms with van der Waals surface area (Å²) in [5, 5.41) is 4.36. The number of carbonyl (C=O) groups excluding carboxylic acids is 1. The molecule has 0 atom stereocenters. The maximum Gasteiger partial charge on any atom is 0.251 e. The van der Waals surface area contributed by atoms with Crippen LogP contribution >= 0.6 is 35.0 Å². The quantitative estimate of drug-likeness (QED) is 0.522. The molecule has 148 valence electrons. The molecule has 1 heterocycles. The predicted octanol–water partition coefficient (Wildman–Crippen LogP) is 6.04. The second-order valence-corrected chi connectivity index (χ2v) is 8.83. The highest BCUT2D eigenvalue weighted by Gasteiger charge is 2.20. The molecule has 0 saturated carbocycles. The van der Waals surface area contributed by atoms with Gasteiger partial charge in [0.05, 0.1) is 5.69 Å². The summed E-state index contributed by atoms with van der Waals surface area (Å²) in [6.45, 7) is 2.12. The highest BCUT2D eigenvalue weighted by molar-refractivity contribution is 7.99. The normalized spacial score (nSPS) is 13.1. The number of thioether (sulfide) groups is 1. The van der Waals surface area contributed by atoms with Gasteiger partial charge in [-0.05, 0) is 47.5 Å². The van der Waals surface area contributed by atoms with Crippen LogP contribution in [0.25, 0.3) is 0 Å². The molecule has 4 rings (SSSR count). The Kier molecular flexibility index (Phi) is 6.34. The molecular weight excluding hydrogens is 423 g/mol. The van der Waals surface area contributed by atoms with E-state index in [1.165, 1.54) is 10.5 Å². The van der Waals surface area contributed by atoms with Gasteiger partial charge in [-0.25, -0.2) is 0 Å². The molecule has 29 heavy (non-hydrogen) atoms. The smallest absolute Gasteiger partial charge is 0.251 e. The van der Waals surface area contributed by atoms with E-state index in [2.05, 4.69) is 10.2 Å². The van der Waals surface area contributed by atoms with E-state index in [0.29, 0.717) is 17.1 Å². The number of anilines is 1. The molecule has 0 unspecified atom stereocenters. The first-order valence-corrected chi connectivity index (χ1v) is 11.1. The van der Waals surface area contributed by atoms with Crippen LogP contribution in [-0.2, 0) is 13.1 Å². The van der Waals surface area contributed by atoms with E-state index in [9.17, 15) is 4.79 Å². The van der Waals surface area contributed by atoms with Crippen molar-refractivity contribution in [3.63, 3.8) is 0 Å². The van der Waals surface area contributed by atoms with Gasteiger partial charge in [-0.2, -0.15) is 0 Å². The highest BCUT2D eigenvalue weighted by atomic mass is 35.5. The summed E-state index contributed by atoms with van der Waals surface area (Å²) in [4.78, 5) is 16.2. The van der Waals surface area contributed by atoms with Gasteiger partial charge >= 0.3 is 0 Å². The van der Waals surface area contributed by atoms with E-state index >= 15 is 0 Å². The summed E-state index contributed by atoms with van der Waals surface area (Å²) in [5.74, 6) is 0.924. The first-order valence-electron chi connectivity index (χ1n) is 9.38. The van der Waals surface area contributed by atoms with Crippen molar-refractivity contribution in [1.82, 2.24) is 5.32 Å². The summed E-state index contributed by atoms with van der Waals surface area (Å²) < 4.78 is 0. The lowest BCUT2D eigenvalue weighted by molar-refractivity contribution is 0.0951. The Labute approximate surface area is 185 Å². The van der Waals surface area contributed by atoms with Crippen LogP contribution in [-0.4, -0.2) is 18.2 Å². The topological polar surface area (TPSA) is 32.3 Å². The van der Waals surface area contributed by atoms with Crippen molar-refractivity contribution in [3.8, 4) is 0 Å². The fourth-order valence-corrected chi connectivity index (χ4v) is 4.67. The Morgan fingerprint density at radius 2 is 1.83 bits per heavy atom. The van der Waals surface area contributed by atoms with Gasteiger partial charge in [-0.1, -0.05) is 53.5 Å². The zero-order valence-electron chi connectivity index (χ0n) is 15.7. The van der Waals surface area contributed by atoms with Crippen LogP contribution in [0.1, 0.15) is 21.5 Å². The Bertz CT molecular complexity index is 1020. The Hall–Kier alpha value is -2.14. The van der Waals surface area contributed by atoms with E-state index in [4.69, 9.17) is 23.2 Å². The van der Waals surface area contributed by atoms with Crippen molar-refractivity contribution in [2.24, 2.45) is 0 Å². The number of nitrogens with one attached hydrogen (secondary N) is 1. The number of hydrogen-bond donors (Lipinski definition) is 1. The third kappa shape index (κ3) is 4.89. The van der Waals surface area contributed by atoms with Gasteiger partial charge in [-0.3, -0.25) is 4.79 Å². The number of fused-ring (bicyclic) bond motifs is 1. The van der Waals surface area contributed by atoms with Gasteiger partial charge in [0.25, 0.3) is 5.91 Å². The lowest BCUT2D eigenvalue weighted by atomic mass is 10.1. The zero-order chi connectivity index (χ0) is 20.2. The SMILES string of the molecule is O=C(NCc1ccccc1Cl)c1ccc2c(c1)N(Cc1ccc(Cl)cc1)CCS2. The van der Waals surface area contributed by atoms with Gasteiger partial charge < -0.3 is 10.2 Å². The maximum atomic E-state index is 12.7. The third-order valence-electron chi connectivity index (χ3n) is 4.86. The second-order valence-electron chi connectivity index (χ2n) is 6.85. The Morgan fingerprint density at radius 1 is 1.03 bits per heavy atom.